The van der Waals surface area contributed by atoms with Crippen molar-refractivity contribution in [2.24, 2.45) is 0 Å². The lowest BCUT2D eigenvalue weighted by molar-refractivity contribution is 0.661. The van der Waals surface area contributed by atoms with Gasteiger partial charge in [0.2, 0.25) is 0 Å². The SMILES string of the molecule is CC1(C)c2ccccc2-c2cc3c4cccc5c6c7oc8ccccc8c7ccc6n(c3cc21)c45. The van der Waals surface area contributed by atoms with Crippen molar-refractivity contribution >= 4 is 60.0 Å². The summed E-state index contributed by atoms with van der Waals surface area (Å²) >= 11 is 0. The van der Waals surface area contributed by atoms with E-state index >= 15 is 0 Å². The summed E-state index contributed by atoms with van der Waals surface area (Å²) in [5.74, 6) is 0. The fourth-order valence-electron chi connectivity index (χ4n) is 6.94. The van der Waals surface area contributed by atoms with E-state index in [0.717, 1.165) is 11.2 Å². The minimum atomic E-state index is -0.0240. The van der Waals surface area contributed by atoms with E-state index in [1.54, 1.807) is 0 Å². The summed E-state index contributed by atoms with van der Waals surface area (Å²) < 4.78 is 8.95. The molecule has 0 bridgehead atoms. The maximum Gasteiger partial charge on any atom is 0.145 e. The number of aromatic nitrogens is 1. The number of hydrogen-bond acceptors (Lipinski definition) is 1. The maximum absolute atomic E-state index is 6.48. The molecule has 0 aliphatic heterocycles. The monoisotopic (exact) mass is 447 g/mol. The molecule has 0 fully saturated rings. The van der Waals surface area contributed by atoms with Crippen LogP contribution >= 0.6 is 0 Å². The van der Waals surface area contributed by atoms with Crippen LogP contribution in [0.2, 0.25) is 0 Å². The second-order valence-electron chi connectivity index (χ2n) is 10.6. The third-order valence-electron chi connectivity index (χ3n) is 8.53. The first-order chi connectivity index (χ1) is 17.1. The van der Waals surface area contributed by atoms with Crippen molar-refractivity contribution in [1.82, 2.24) is 4.40 Å². The highest BCUT2D eigenvalue weighted by atomic mass is 16.3. The van der Waals surface area contributed by atoms with Gasteiger partial charge < -0.3 is 8.82 Å². The molecule has 1 aliphatic carbocycles. The molecule has 8 aromatic rings. The van der Waals surface area contributed by atoms with Crippen molar-refractivity contribution in [2.45, 2.75) is 19.3 Å². The van der Waals surface area contributed by atoms with Gasteiger partial charge in [0.15, 0.2) is 0 Å². The topological polar surface area (TPSA) is 17.6 Å². The fourth-order valence-corrected chi connectivity index (χ4v) is 6.94. The molecule has 0 spiro atoms. The molecule has 0 atom stereocenters. The predicted molar refractivity (Wildman–Crippen MR) is 146 cm³/mol. The first-order valence-corrected chi connectivity index (χ1v) is 12.3. The Hall–Kier alpha value is -4.30. The zero-order valence-electron chi connectivity index (χ0n) is 19.5. The molecule has 2 heteroatoms. The summed E-state index contributed by atoms with van der Waals surface area (Å²) in [6.45, 7) is 4.71. The predicted octanol–water partition coefficient (Wildman–Crippen LogP) is 9.04. The van der Waals surface area contributed by atoms with E-state index in [1.165, 1.54) is 71.1 Å². The van der Waals surface area contributed by atoms with Crippen molar-refractivity contribution in [1.29, 1.82) is 0 Å². The molecule has 5 aromatic carbocycles. The number of hydrogen-bond donors (Lipinski definition) is 0. The van der Waals surface area contributed by atoms with Crippen LogP contribution in [0.15, 0.2) is 95.4 Å². The molecular formula is C33H21NO. The van der Waals surface area contributed by atoms with Crippen LogP contribution < -0.4 is 0 Å². The van der Waals surface area contributed by atoms with Gasteiger partial charge in [-0.05, 0) is 52.6 Å². The highest BCUT2D eigenvalue weighted by molar-refractivity contribution is 6.29. The number of nitrogens with zero attached hydrogens (tertiary/aromatic N) is 1. The standard InChI is InChI=1S/C33H21NO/c1-33(2)25-12-5-3-8-18(25)23-16-24-20-10-7-11-22-30-27(34(31(20)22)28(24)17-26(23)33)15-14-21-19-9-4-6-13-29(19)35-32(21)30/h3-17H,1-2H3. The van der Waals surface area contributed by atoms with Gasteiger partial charge in [0.05, 0.1) is 21.9 Å². The van der Waals surface area contributed by atoms with E-state index in [9.17, 15) is 0 Å². The molecule has 0 saturated carbocycles. The Morgan fingerprint density at radius 1 is 0.600 bits per heavy atom. The first kappa shape index (κ1) is 18.1. The van der Waals surface area contributed by atoms with E-state index in [2.05, 4.69) is 103 Å². The average Bonchev–Trinajstić information content (AvgIpc) is 3.58. The molecule has 0 radical (unpaired) electrons. The molecule has 164 valence electrons. The third-order valence-corrected chi connectivity index (χ3v) is 8.53. The summed E-state index contributed by atoms with van der Waals surface area (Å²) in [5.41, 5.74) is 11.3. The summed E-state index contributed by atoms with van der Waals surface area (Å²) in [6.07, 6.45) is 0. The largest absolute Gasteiger partial charge is 0.455 e. The second-order valence-corrected chi connectivity index (χ2v) is 10.6. The molecule has 1 aliphatic rings. The lowest BCUT2D eigenvalue weighted by atomic mass is 9.82. The van der Waals surface area contributed by atoms with Gasteiger partial charge in [-0.25, -0.2) is 0 Å². The van der Waals surface area contributed by atoms with Crippen LogP contribution in [0, 0.1) is 0 Å². The maximum atomic E-state index is 6.48. The Labute approximate surface area is 201 Å². The van der Waals surface area contributed by atoms with Gasteiger partial charge in [0.1, 0.15) is 11.2 Å². The Kier molecular flexibility index (Phi) is 2.93. The van der Waals surface area contributed by atoms with E-state index in [-0.39, 0.29) is 5.41 Å². The van der Waals surface area contributed by atoms with Crippen molar-refractivity contribution in [2.75, 3.05) is 0 Å². The molecule has 3 aromatic heterocycles. The zero-order chi connectivity index (χ0) is 23.1. The Morgan fingerprint density at radius 3 is 2.34 bits per heavy atom. The summed E-state index contributed by atoms with van der Waals surface area (Å²) in [7, 11) is 0. The quantitative estimate of drug-likeness (QED) is 0.227. The number of fused-ring (bicyclic) bond motifs is 13. The van der Waals surface area contributed by atoms with Crippen LogP contribution in [0.25, 0.3) is 71.2 Å². The van der Waals surface area contributed by atoms with Crippen LogP contribution in [-0.2, 0) is 5.41 Å². The second kappa shape index (κ2) is 5.67. The van der Waals surface area contributed by atoms with Crippen molar-refractivity contribution < 1.29 is 4.42 Å². The summed E-state index contributed by atoms with van der Waals surface area (Å²) in [4.78, 5) is 0. The van der Waals surface area contributed by atoms with Gasteiger partial charge in [0, 0.05) is 32.3 Å². The lowest BCUT2D eigenvalue weighted by Gasteiger charge is -2.21. The van der Waals surface area contributed by atoms with Crippen LogP contribution in [-0.4, -0.2) is 4.40 Å². The molecule has 0 amide bonds. The number of rotatable bonds is 0. The van der Waals surface area contributed by atoms with Crippen molar-refractivity contribution in [3.05, 3.63) is 102 Å². The first-order valence-electron chi connectivity index (χ1n) is 12.3. The Balaban J connectivity index is 1.51. The molecule has 0 N–H and O–H groups in total. The molecular weight excluding hydrogens is 426 g/mol. The Morgan fingerprint density at radius 2 is 1.40 bits per heavy atom. The van der Waals surface area contributed by atoms with Gasteiger partial charge >= 0.3 is 0 Å². The smallest absolute Gasteiger partial charge is 0.145 e. The van der Waals surface area contributed by atoms with Gasteiger partial charge in [-0.2, -0.15) is 0 Å². The van der Waals surface area contributed by atoms with E-state index in [1.807, 2.05) is 6.07 Å². The molecule has 3 heterocycles. The van der Waals surface area contributed by atoms with Gasteiger partial charge in [-0.3, -0.25) is 0 Å². The average molecular weight is 448 g/mol. The van der Waals surface area contributed by atoms with Gasteiger partial charge in [-0.1, -0.05) is 74.5 Å². The van der Waals surface area contributed by atoms with E-state index in [4.69, 9.17) is 4.42 Å². The van der Waals surface area contributed by atoms with Crippen LogP contribution in [0.1, 0.15) is 25.0 Å². The third kappa shape index (κ3) is 1.93. The molecule has 0 saturated heterocycles. The molecule has 9 rings (SSSR count). The highest BCUT2D eigenvalue weighted by Crippen LogP contribution is 2.52. The minimum Gasteiger partial charge on any atom is -0.455 e. The summed E-state index contributed by atoms with van der Waals surface area (Å²) in [5, 5.41) is 7.47. The van der Waals surface area contributed by atoms with Crippen LogP contribution in [0.4, 0.5) is 0 Å². The van der Waals surface area contributed by atoms with Crippen molar-refractivity contribution in [3.8, 4) is 11.1 Å². The zero-order valence-corrected chi connectivity index (χ0v) is 19.5. The van der Waals surface area contributed by atoms with Gasteiger partial charge in [-0.15, -0.1) is 0 Å². The number of benzene rings is 5. The fraction of sp³-hybridized carbons (Fsp3) is 0.0909. The van der Waals surface area contributed by atoms with Crippen LogP contribution in [0.5, 0.6) is 0 Å². The van der Waals surface area contributed by atoms with Crippen molar-refractivity contribution in [3.63, 3.8) is 0 Å². The number of furan rings is 1. The number of para-hydroxylation sites is 2. The molecule has 0 unspecified atom stereocenters. The van der Waals surface area contributed by atoms with E-state index in [0.29, 0.717) is 0 Å². The van der Waals surface area contributed by atoms with Gasteiger partial charge in [0.25, 0.3) is 0 Å². The molecule has 2 nitrogen and oxygen atoms in total. The highest BCUT2D eigenvalue weighted by Gasteiger charge is 2.36. The van der Waals surface area contributed by atoms with Crippen LogP contribution in [0.3, 0.4) is 0 Å². The van der Waals surface area contributed by atoms with E-state index < -0.39 is 0 Å². The normalized spacial score (nSPS) is 14.8. The minimum absolute atomic E-state index is 0.0240. The Bertz CT molecular complexity index is 2190. The molecule has 35 heavy (non-hydrogen) atoms. The lowest BCUT2D eigenvalue weighted by Crippen LogP contribution is -2.14. The summed E-state index contributed by atoms with van der Waals surface area (Å²) in [6, 6.07) is 33.4.